The molecule has 1 aliphatic rings. The molecule has 1 aliphatic heterocycles. The number of pyridine rings is 1. The second kappa shape index (κ2) is 8.22. The molecule has 0 aliphatic carbocycles. The lowest BCUT2D eigenvalue weighted by atomic mass is 10.2. The van der Waals surface area contributed by atoms with Gasteiger partial charge in [0.25, 0.3) is 0 Å². The van der Waals surface area contributed by atoms with E-state index < -0.39 is 10.0 Å². The summed E-state index contributed by atoms with van der Waals surface area (Å²) in [6, 6.07) is 13.5. The van der Waals surface area contributed by atoms with E-state index in [4.69, 9.17) is 4.42 Å². The number of nitrogens with one attached hydrogen (secondary N) is 1. The molecule has 4 heterocycles. The molecule has 0 saturated carbocycles. The first-order valence-corrected chi connectivity index (χ1v) is 11.5. The highest BCUT2D eigenvalue weighted by Gasteiger charge is 2.31. The van der Waals surface area contributed by atoms with E-state index in [2.05, 4.69) is 25.1 Å². The predicted molar refractivity (Wildman–Crippen MR) is 114 cm³/mol. The average molecular weight is 439 g/mol. The Morgan fingerprint density at radius 2 is 1.74 bits per heavy atom. The van der Waals surface area contributed by atoms with E-state index in [1.54, 1.807) is 18.3 Å². The lowest BCUT2D eigenvalue weighted by molar-refractivity contribution is 0.167. The van der Waals surface area contributed by atoms with Crippen LogP contribution in [0.25, 0.3) is 11.0 Å². The zero-order valence-electron chi connectivity index (χ0n) is 16.8. The molecular formula is C21H22N6O3S. The summed E-state index contributed by atoms with van der Waals surface area (Å²) in [4.78, 5) is 9.51. The molecule has 0 bridgehead atoms. The fraction of sp³-hybridized carbons (Fsp3) is 0.286. The molecule has 10 heteroatoms. The standard InChI is InChI=1S/C21H22N6O3S/c28-31(29,18-14-23-21-17(18)7-4-8-22-21)27-11-9-26(10-12-27)15-20-25-24-19(30-20)13-16-5-2-1-3-6-16/h1-8,14H,9-13,15H2,(H,22,23). The molecule has 3 aromatic heterocycles. The normalized spacial score (nSPS) is 16.1. The van der Waals surface area contributed by atoms with Crippen molar-refractivity contribution in [2.45, 2.75) is 17.9 Å². The summed E-state index contributed by atoms with van der Waals surface area (Å²) < 4.78 is 33.6. The van der Waals surface area contributed by atoms with Crippen molar-refractivity contribution in [2.24, 2.45) is 0 Å². The highest BCUT2D eigenvalue weighted by atomic mass is 32.2. The zero-order chi connectivity index (χ0) is 21.3. The Bertz CT molecular complexity index is 1280. The number of nitrogens with zero attached hydrogens (tertiary/aromatic N) is 5. The summed E-state index contributed by atoms with van der Waals surface area (Å²) >= 11 is 0. The van der Waals surface area contributed by atoms with Gasteiger partial charge >= 0.3 is 0 Å². The number of aromatic amines is 1. The van der Waals surface area contributed by atoms with Gasteiger partial charge in [0.15, 0.2) is 0 Å². The molecule has 1 fully saturated rings. The molecule has 160 valence electrons. The van der Waals surface area contributed by atoms with Crippen molar-refractivity contribution in [2.75, 3.05) is 26.2 Å². The van der Waals surface area contributed by atoms with Gasteiger partial charge in [0, 0.05) is 44.0 Å². The van der Waals surface area contributed by atoms with Crippen LogP contribution in [0.4, 0.5) is 0 Å². The summed E-state index contributed by atoms with van der Waals surface area (Å²) in [6.45, 7) is 2.50. The maximum Gasteiger partial charge on any atom is 0.245 e. The van der Waals surface area contributed by atoms with Crippen LogP contribution in [0.5, 0.6) is 0 Å². The topological polar surface area (TPSA) is 108 Å². The number of aromatic nitrogens is 4. The second-order valence-electron chi connectivity index (χ2n) is 7.48. The fourth-order valence-corrected chi connectivity index (χ4v) is 5.37. The first-order valence-electron chi connectivity index (χ1n) is 10.1. The molecule has 1 aromatic carbocycles. The van der Waals surface area contributed by atoms with Crippen LogP contribution in [0.15, 0.2) is 64.2 Å². The summed E-state index contributed by atoms with van der Waals surface area (Å²) in [5, 5.41) is 8.90. The van der Waals surface area contributed by atoms with E-state index >= 15 is 0 Å². The third kappa shape index (κ3) is 4.09. The van der Waals surface area contributed by atoms with Gasteiger partial charge < -0.3 is 9.40 Å². The highest BCUT2D eigenvalue weighted by Crippen LogP contribution is 2.25. The Hall–Kier alpha value is -3.08. The van der Waals surface area contributed by atoms with E-state index in [0.717, 1.165) is 5.56 Å². The van der Waals surface area contributed by atoms with Crippen LogP contribution in [0, 0.1) is 0 Å². The van der Waals surface area contributed by atoms with Gasteiger partial charge in [0.1, 0.15) is 10.5 Å². The minimum absolute atomic E-state index is 0.270. The van der Waals surface area contributed by atoms with Gasteiger partial charge in [-0.1, -0.05) is 30.3 Å². The van der Waals surface area contributed by atoms with Crippen LogP contribution in [-0.2, 0) is 23.0 Å². The van der Waals surface area contributed by atoms with Gasteiger partial charge in [0.05, 0.1) is 13.0 Å². The maximum atomic E-state index is 13.1. The molecule has 0 unspecified atom stereocenters. The number of fused-ring (bicyclic) bond motifs is 1. The van der Waals surface area contributed by atoms with E-state index in [0.29, 0.717) is 62.0 Å². The number of hydrogen-bond acceptors (Lipinski definition) is 7. The molecule has 4 aromatic rings. The van der Waals surface area contributed by atoms with Crippen molar-refractivity contribution < 1.29 is 12.8 Å². The Morgan fingerprint density at radius 3 is 2.55 bits per heavy atom. The van der Waals surface area contributed by atoms with Crippen molar-refractivity contribution in [3.05, 3.63) is 72.2 Å². The van der Waals surface area contributed by atoms with Gasteiger partial charge in [-0.25, -0.2) is 13.4 Å². The van der Waals surface area contributed by atoms with Gasteiger partial charge in [0.2, 0.25) is 21.8 Å². The number of rotatable bonds is 6. The minimum atomic E-state index is -3.59. The number of piperazine rings is 1. The van der Waals surface area contributed by atoms with Gasteiger partial charge in [-0.3, -0.25) is 4.90 Å². The van der Waals surface area contributed by atoms with Crippen molar-refractivity contribution in [1.29, 1.82) is 0 Å². The number of benzene rings is 1. The zero-order valence-corrected chi connectivity index (χ0v) is 17.6. The van der Waals surface area contributed by atoms with E-state index in [1.165, 1.54) is 10.5 Å². The predicted octanol–water partition coefficient (Wildman–Crippen LogP) is 2.04. The fourth-order valence-electron chi connectivity index (χ4n) is 3.80. The molecular weight excluding hydrogens is 416 g/mol. The Balaban J connectivity index is 1.21. The van der Waals surface area contributed by atoms with Crippen LogP contribution in [-0.4, -0.2) is 64.0 Å². The lowest BCUT2D eigenvalue weighted by Gasteiger charge is -2.33. The van der Waals surface area contributed by atoms with E-state index in [1.807, 2.05) is 30.3 Å². The summed E-state index contributed by atoms with van der Waals surface area (Å²) in [6.07, 6.45) is 3.75. The van der Waals surface area contributed by atoms with Gasteiger partial charge in [-0.2, -0.15) is 4.31 Å². The first-order chi connectivity index (χ1) is 15.1. The molecule has 0 spiro atoms. The number of hydrogen-bond donors (Lipinski definition) is 1. The van der Waals surface area contributed by atoms with Crippen molar-refractivity contribution in [3.63, 3.8) is 0 Å². The average Bonchev–Trinajstić information content (AvgIpc) is 3.42. The summed E-state index contributed by atoms with van der Waals surface area (Å²) in [7, 11) is -3.59. The maximum absolute atomic E-state index is 13.1. The number of sulfonamides is 1. The van der Waals surface area contributed by atoms with Crippen LogP contribution in [0.1, 0.15) is 17.3 Å². The Labute approximate surface area is 179 Å². The molecule has 9 nitrogen and oxygen atoms in total. The molecule has 31 heavy (non-hydrogen) atoms. The van der Waals surface area contributed by atoms with Crippen molar-refractivity contribution in [3.8, 4) is 0 Å². The monoisotopic (exact) mass is 438 g/mol. The summed E-state index contributed by atoms with van der Waals surface area (Å²) in [5.41, 5.74) is 1.69. The largest absolute Gasteiger partial charge is 0.424 e. The molecule has 0 amide bonds. The van der Waals surface area contributed by atoms with E-state index in [9.17, 15) is 8.42 Å². The van der Waals surface area contributed by atoms with Crippen LogP contribution >= 0.6 is 0 Å². The Kier molecular flexibility index (Phi) is 5.26. The Morgan fingerprint density at radius 1 is 0.968 bits per heavy atom. The lowest BCUT2D eigenvalue weighted by Crippen LogP contribution is -2.48. The third-order valence-electron chi connectivity index (χ3n) is 5.43. The van der Waals surface area contributed by atoms with E-state index in [-0.39, 0.29) is 4.90 Å². The number of H-pyrrole nitrogens is 1. The van der Waals surface area contributed by atoms with Crippen molar-refractivity contribution in [1.82, 2.24) is 29.4 Å². The molecule has 1 saturated heterocycles. The first kappa shape index (κ1) is 19.9. The minimum Gasteiger partial charge on any atom is -0.424 e. The quantitative estimate of drug-likeness (QED) is 0.491. The molecule has 0 atom stereocenters. The van der Waals surface area contributed by atoms with Crippen LogP contribution < -0.4 is 0 Å². The van der Waals surface area contributed by atoms with Crippen LogP contribution in [0.2, 0.25) is 0 Å². The smallest absolute Gasteiger partial charge is 0.245 e. The highest BCUT2D eigenvalue weighted by molar-refractivity contribution is 7.89. The van der Waals surface area contributed by atoms with Gasteiger partial charge in [-0.15, -0.1) is 10.2 Å². The SMILES string of the molecule is O=S(=O)(c1c[nH]c2ncccc12)N1CCN(Cc2nnc(Cc3ccccc3)o2)CC1. The van der Waals surface area contributed by atoms with Gasteiger partial charge in [-0.05, 0) is 17.7 Å². The summed E-state index contributed by atoms with van der Waals surface area (Å²) in [5.74, 6) is 1.13. The molecule has 5 rings (SSSR count). The second-order valence-corrected chi connectivity index (χ2v) is 9.39. The van der Waals surface area contributed by atoms with Crippen molar-refractivity contribution >= 4 is 21.1 Å². The van der Waals surface area contributed by atoms with Crippen LogP contribution in [0.3, 0.4) is 0 Å². The third-order valence-corrected chi connectivity index (χ3v) is 7.37. The molecule has 1 N–H and O–H groups in total. The molecule has 0 radical (unpaired) electrons.